The molecule has 0 aliphatic rings. The maximum atomic E-state index is 10.3. The van der Waals surface area contributed by atoms with Gasteiger partial charge in [-0.2, -0.15) is 0 Å². The van der Waals surface area contributed by atoms with Crippen molar-refractivity contribution in [1.29, 1.82) is 0 Å². The van der Waals surface area contributed by atoms with E-state index < -0.39 is 11.9 Å². The van der Waals surface area contributed by atoms with E-state index in [1.807, 2.05) is 0 Å². The summed E-state index contributed by atoms with van der Waals surface area (Å²) < 4.78 is 0. The molecule has 0 fully saturated rings. The van der Waals surface area contributed by atoms with Gasteiger partial charge < -0.3 is 15.9 Å². The number of rotatable bonds is 2. The van der Waals surface area contributed by atoms with Gasteiger partial charge in [0.15, 0.2) is 0 Å². The van der Waals surface area contributed by atoms with E-state index >= 15 is 0 Å². The summed E-state index contributed by atoms with van der Waals surface area (Å²) in [5.41, 5.74) is 5.50. The molecule has 0 bridgehead atoms. The number of carboxylic acid groups (broad SMARTS) is 2. The van der Waals surface area contributed by atoms with E-state index in [9.17, 15) is 9.59 Å². The lowest BCUT2D eigenvalue weighted by atomic mass is 10.3. The molecule has 2 aromatic heterocycles. The van der Waals surface area contributed by atoms with Gasteiger partial charge in [0.2, 0.25) is 0 Å². The van der Waals surface area contributed by atoms with Gasteiger partial charge in [0.25, 0.3) is 0 Å². The summed E-state index contributed by atoms with van der Waals surface area (Å²) in [6.07, 6.45) is 2.71. The van der Waals surface area contributed by atoms with Gasteiger partial charge >= 0.3 is 11.9 Å². The average Bonchev–Trinajstić information content (AvgIpc) is 2.40. The lowest BCUT2D eigenvalue weighted by molar-refractivity contribution is 0.0683. The van der Waals surface area contributed by atoms with E-state index in [0.29, 0.717) is 5.82 Å². The van der Waals surface area contributed by atoms with E-state index in [2.05, 4.69) is 22.6 Å². The zero-order chi connectivity index (χ0) is 15.1. The average molecular weight is 293 g/mol. The number of aromatic carboxylic acids is 2. The number of aromatic nitrogens is 2. The number of pyridine rings is 2. The first-order valence-electron chi connectivity index (χ1n) is 5.24. The molecule has 0 saturated carbocycles. The minimum absolute atomic E-state index is 0.130. The fourth-order valence-electron chi connectivity index (χ4n) is 1.10. The van der Waals surface area contributed by atoms with Crippen LogP contribution in [0.15, 0.2) is 41.7 Å². The Labute approximate surface area is 119 Å². The maximum Gasteiger partial charge on any atom is 0.338 e. The first-order valence-corrected chi connectivity index (χ1v) is 5.68. The number of hydrogen-bond donors (Lipinski definition) is 4. The van der Waals surface area contributed by atoms with Crippen LogP contribution in [0.1, 0.15) is 20.7 Å². The number of hydrogen-bond acceptors (Lipinski definition) is 6. The van der Waals surface area contributed by atoms with Crippen LogP contribution in [-0.2, 0) is 0 Å². The molecule has 0 aliphatic heterocycles. The quantitative estimate of drug-likeness (QED) is 0.617. The van der Waals surface area contributed by atoms with Crippen molar-refractivity contribution in [3.63, 3.8) is 0 Å². The van der Waals surface area contributed by atoms with Crippen LogP contribution in [0.25, 0.3) is 0 Å². The van der Waals surface area contributed by atoms with Gasteiger partial charge in [-0.3, -0.25) is 0 Å². The molecule has 0 atom stereocenters. The van der Waals surface area contributed by atoms with E-state index in [-0.39, 0.29) is 16.2 Å². The molecule has 7 nitrogen and oxygen atoms in total. The summed E-state index contributed by atoms with van der Waals surface area (Å²) in [6, 6.07) is 5.87. The van der Waals surface area contributed by atoms with Crippen LogP contribution in [0, 0.1) is 0 Å². The second kappa shape index (κ2) is 7.10. The van der Waals surface area contributed by atoms with Crippen LogP contribution in [0.2, 0.25) is 0 Å². The summed E-state index contributed by atoms with van der Waals surface area (Å²) in [5, 5.41) is 17.1. The molecule has 0 spiro atoms. The molecule has 2 rings (SSSR count). The van der Waals surface area contributed by atoms with Crippen molar-refractivity contribution in [1.82, 2.24) is 9.97 Å². The fraction of sp³-hybridized carbons (Fsp3) is 0. The normalized spacial score (nSPS) is 9.25. The number of anilines is 1. The predicted octanol–water partition coefficient (Wildman–Crippen LogP) is 1.43. The largest absolute Gasteiger partial charge is 0.478 e. The maximum absolute atomic E-state index is 10.3. The van der Waals surface area contributed by atoms with Crippen molar-refractivity contribution in [2.24, 2.45) is 0 Å². The van der Waals surface area contributed by atoms with Crippen LogP contribution < -0.4 is 5.73 Å². The molecule has 104 valence electrons. The van der Waals surface area contributed by atoms with E-state index in [0.717, 1.165) is 0 Å². The Balaban J connectivity index is 0.000000200. The lowest BCUT2D eigenvalue weighted by Crippen LogP contribution is -1.98. The molecule has 8 heteroatoms. The summed E-state index contributed by atoms with van der Waals surface area (Å²) >= 11 is 3.85. The van der Waals surface area contributed by atoms with Gasteiger partial charge in [-0.25, -0.2) is 19.6 Å². The number of nitrogens with two attached hydrogens (primary N) is 1. The summed E-state index contributed by atoms with van der Waals surface area (Å²) in [6.45, 7) is 0. The molecular formula is C12H11N3O4S. The molecule has 4 N–H and O–H groups in total. The zero-order valence-electron chi connectivity index (χ0n) is 10.1. The number of nitrogen functional groups attached to an aromatic ring is 1. The smallest absolute Gasteiger partial charge is 0.338 e. The third-order valence-electron chi connectivity index (χ3n) is 2.05. The highest BCUT2D eigenvalue weighted by atomic mass is 32.1. The predicted molar refractivity (Wildman–Crippen MR) is 74.1 cm³/mol. The zero-order valence-corrected chi connectivity index (χ0v) is 11.0. The Morgan fingerprint density at radius 1 is 1.10 bits per heavy atom. The summed E-state index contributed by atoms with van der Waals surface area (Å²) in [4.78, 5) is 27.8. The van der Waals surface area contributed by atoms with E-state index in [1.54, 1.807) is 6.07 Å². The van der Waals surface area contributed by atoms with E-state index in [1.165, 1.54) is 30.6 Å². The van der Waals surface area contributed by atoms with Crippen LogP contribution in [-0.4, -0.2) is 32.1 Å². The third-order valence-corrected chi connectivity index (χ3v) is 2.41. The summed E-state index contributed by atoms with van der Waals surface area (Å²) in [7, 11) is 0. The second-order valence-corrected chi connectivity index (χ2v) is 3.88. The Morgan fingerprint density at radius 2 is 1.80 bits per heavy atom. The molecule has 0 radical (unpaired) electrons. The highest BCUT2D eigenvalue weighted by molar-refractivity contribution is 7.80. The Morgan fingerprint density at radius 3 is 2.20 bits per heavy atom. The highest BCUT2D eigenvalue weighted by Crippen LogP contribution is 2.08. The topological polar surface area (TPSA) is 126 Å². The molecule has 0 aromatic carbocycles. The van der Waals surface area contributed by atoms with Crippen molar-refractivity contribution in [2.45, 2.75) is 5.03 Å². The number of thiol groups is 1. The monoisotopic (exact) mass is 293 g/mol. The van der Waals surface area contributed by atoms with Gasteiger partial charge in [0.1, 0.15) is 10.8 Å². The molecule has 0 amide bonds. The molecule has 0 aliphatic carbocycles. The van der Waals surface area contributed by atoms with Gasteiger partial charge in [-0.05, 0) is 24.3 Å². The van der Waals surface area contributed by atoms with Crippen molar-refractivity contribution in [3.05, 3.63) is 47.8 Å². The Hall–Kier alpha value is -2.61. The standard InChI is InChI=1S/C6H6N2O2.C6H5NO2S/c7-5-2-1-4(3-8-5)6(9)10;8-6(9)4-2-1-3-7-5(4)10/h1-3H,(H2,7,8)(H,9,10);1-3H,(H,7,10)(H,8,9). The van der Waals surface area contributed by atoms with Crippen molar-refractivity contribution in [3.8, 4) is 0 Å². The van der Waals surface area contributed by atoms with Crippen molar-refractivity contribution < 1.29 is 19.8 Å². The Kier molecular flexibility index (Phi) is 5.48. The molecule has 0 saturated heterocycles. The van der Waals surface area contributed by atoms with E-state index in [4.69, 9.17) is 15.9 Å². The SMILES string of the molecule is Nc1ccc(C(=O)O)cn1.O=C(O)c1cccnc1S. The van der Waals surface area contributed by atoms with Crippen molar-refractivity contribution in [2.75, 3.05) is 5.73 Å². The number of carbonyl (C=O) groups is 2. The first kappa shape index (κ1) is 15.4. The lowest BCUT2D eigenvalue weighted by Gasteiger charge is -1.94. The number of nitrogens with zero attached hydrogens (tertiary/aromatic N) is 2. The van der Waals surface area contributed by atoms with Gasteiger partial charge in [0.05, 0.1) is 11.1 Å². The second-order valence-electron chi connectivity index (χ2n) is 3.46. The minimum Gasteiger partial charge on any atom is -0.478 e. The molecule has 2 aromatic rings. The van der Waals surface area contributed by atoms with Crippen LogP contribution >= 0.6 is 12.6 Å². The van der Waals surface area contributed by atoms with Crippen molar-refractivity contribution >= 4 is 30.4 Å². The number of carboxylic acids is 2. The third kappa shape index (κ3) is 4.58. The summed E-state index contributed by atoms with van der Waals surface area (Å²) in [5.74, 6) is -1.67. The van der Waals surface area contributed by atoms with Crippen LogP contribution in [0.5, 0.6) is 0 Å². The van der Waals surface area contributed by atoms with Gasteiger partial charge in [0, 0.05) is 12.4 Å². The Bertz CT molecular complexity index is 616. The van der Waals surface area contributed by atoms with Crippen LogP contribution in [0.4, 0.5) is 5.82 Å². The first-order chi connectivity index (χ1) is 9.41. The molecule has 0 unspecified atom stereocenters. The van der Waals surface area contributed by atoms with Gasteiger partial charge in [-0.15, -0.1) is 12.6 Å². The molecule has 2 heterocycles. The molecule has 20 heavy (non-hydrogen) atoms. The fourth-order valence-corrected chi connectivity index (χ4v) is 1.33. The highest BCUT2D eigenvalue weighted by Gasteiger charge is 2.05. The molecular weight excluding hydrogens is 282 g/mol. The van der Waals surface area contributed by atoms with Crippen LogP contribution in [0.3, 0.4) is 0 Å². The minimum atomic E-state index is -1.00. The van der Waals surface area contributed by atoms with Gasteiger partial charge in [-0.1, -0.05) is 0 Å².